The Labute approximate surface area is 145 Å². The van der Waals surface area contributed by atoms with Crippen molar-refractivity contribution in [1.29, 1.82) is 0 Å². The SMILES string of the molecule is CCc1c(CC)c(CC)[c-](CC)c1CC.[C-]#[O+].[C-]#[O+].[C-]#[O+].[Mn]. The summed E-state index contributed by atoms with van der Waals surface area (Å²) in [4.78, 5) is 0. The molecule has 1 aromatic carbocycles. The van der Waals surface area contributed by atoms with Crippen LogP contribution in [0, 0.1) is 20.0 Å². The molecular formula is C18H25MnO3-. The van der Waals surface area contributed by atoms with Gasteiger partial charge in [0.05, 0.1) is 0 Å². The summed E-state index contributed by atoms with van der Waals surface area (Å²) in [6.07, 6.45) is 6.04. The summed E-state index contributed by atoms with van der Waals surface area (Å²) < 4.78 is 22.5. The van der Waals surface area contributed by atoms with Gasteiger partial charge in [-0.3, -0.25) is 0 Å². The molecule has 0 unspecified atom stereocenters. The molecule has 0 aromatic heterocycles. The van der Waals surface area contributed by atoms with Crippen molar-refractivity contribution >= 4 is 0 Å². The molecule has 3 nitrogen and oxygen atoms in total. The summed E-state index contributed by atoms with van der Waals surface area (Å²) in [5, 5.41) is 0. The van der Waals surface area contributed by atoms with Crippen LogP contribution in [0.2, 0.25) is 0 Å². The summed E-state index contributed by atoms with van der Waals surface area (Å²) in [5.41, 5.74) is 8.30. The second kappa shape index (κ2) is 20.1. The van der Waals surface area contributed by atoms with Gasteiger partial charge in [-0.05, 0) is 0 Å². The van der Waals surface area contributed by atoms with Crippen molar-refractivity contribution in [2.75, 3.05) is 0 Å². The van der Waals surface area contributed by atoms with E-state index in [1.54, 1.807) is 27.8 Å². The van der Waals surface area contributed by atoms with E-state index in [1.807, 2.05) is 0 Å². The maximum atomic E-state index is 7.50. The van der Waals surface area contributed by atoms with Crippen LogP contribution in [0.3, 0.4) is 0 Å². The fourth-order valence-corrected chi connectivity index (χ4v) is 3.04. The van der Waals surface area contributed by atoms with E-state index in [-0.39, 0.29) is 17.1 Å². The molecule has 1 radical (unpaired) electrons. The zero-order valence-electron chi connectivity index (χ0n) is 14.1. The molecule has 0 bridgehead atoms. The van der Waals surface area contributed by atoms with E-state index in [1.165, 1.54) is 32.1 Å². The summed E-state index contributed by atoms with van der Waals surface area (Å²) in [6, 6.07) is 0. The first-order valence-electron chi connectivity index (χ1n) is 7.17. The molecule has 0 saturated heterocycles. The summed E-state index contributed by atoms with van der Waals surface area (Å²) in [5.74, 6) is 0. The van der Waals surface area contributed by atoms with Crippen LogP contribution in [0.15, 0.2) is 0 Å². The number of hydrogen-bond acceptors (Lipinski definition) is 0. The van der Waals surface area contributed by atoms with Crippen molar-refractivity contribution in [2.24, 2.45) is 0 Å². The predicted molar refractivity (Wildman–Crippen MR) is 80.7 cm³/mol. The van der Waals surface area contributed by atoms with E-state index in [2.05, 4.69) is 54.6 Å². The van der Waals surface area contributed by atoms with Gasteiger partial charge < -0.3 is 0 Å². The fraction of sp³-hybridized carbons (Fsp3) is 0.556. The Hall–Kier alpha value is -0.911. The fourth-order valence-electron chi connectivity index (χ4n) is 3.04. The quantitative estimate of drug-likeness (QED) is 0.439. The molecule has 0 N–H and O–H groups in total. The minimum absolute atomic E-state index is 0. The van der Waals surface area contributed by atoms with Gasteiger partial charge in [0.15, 0.2) is 0 Å². The molecule has 4 heteroatoms. The van der Waals surface area contributed by atoms with E-state index >= 15 is 0 Å². The van der Waals surface area contributed by atoms with Crippen LogP contribution in [-0.4, -0.2) is 0 Å². The van der Waals surface area contributed by atoms with E-state index in [0.29, 0.717) is 0 Å². The predicted octanol–water partition coefficient (Wildman–Crippen LogP) is 4.10. The summed E-state index contributed by atoms with van der Waals surface area (Å²) >= 11 is 0. The van der Waals surface area contributed by atoms with Gasteiger partial charge in [0, 0.05) is 17.1 Å². The van der Waals surface area contributed by atoms with Gasteiger partial charge in [0.25, 0.3) is 0 Å². The van der Waals surface area contributed by atoms with Gasteiger partial charge in [0.2, 0.25) is 0 Å². The second-order valence-corrected chi connectivity index (χ2v) is 4.16. The van der Waals surface area contributed by atoms with Crippen LogP contribution in [0.5, 0.6) is 0 Å². The minimum atomic E-state index is 0. The van der Waals surface area contributed by atoms with Crippen molar-refractivity contribution < 1.29 is 31.0 Å². The Bertz CT molecular complexity index is 333. The van der Waals surface area contributed by atoms with E-state index in [9.17, 15) is 0 Å². The second-order valence-electron chi connectivity index (χ2n) is 4.16. The molecule has 1 aromatic rings. The Balaban J connectivity index is -0.000000206. The van der Waals surface area contributed by atoms with Crippen LogP contribution < -0.4 is 0 Å². The monoisotopic (exact) mass is 344 g/mol. The molecule has 0 amide bonds. The van der Waals surface area contributed by atoms with Crippen molar-refractivity contribution in [2.45, 2.75) is 66.7 Å². The van der Waals surface area contributed by atoms with Crippen LogP contribution in [0.1, 0.15) is 62.4 Å². The Morgan fingerprint density at radius 2 is 0.909 bits per heavy atom. The third-order valence-electron chi connectivity index (χ3n) is 3.59. The standard InChI is InChI=1S/C15H25.3CO.Mn/c1-6-11-12(7-2)14(9-4)15(10-5)13(11)8-3;3*1-2;/h6-10H2,1-5H3;;;;/q-1;;;;. The number of hydrogen-bond donors (Lipinski definition) is 0. The van der Waals surface area contributed by atoms with Crippen molar-refractivity contribution in [3.8, 4) is 0 Å². The first kappa shape index (κ1) is 29.1. The minimum Gasteiger partial charge on any atom is 0 e. The Kier molecular flexibility index (Phi) is 26.6. The average Bonchev–Trinajstić information content (AvgIpc) is 2.91. The molecule has 0 heterocycles. The normalized spacial score (nSPS) is 7.77. The maximum absolute atomic E-state index is 7.50. The largest absolute Gasteiger partial charge is 0 e. The van der Waals surface area contributed by atoms with Gasteiger partial charge in [-0.25, -0.2) is 0 Å². The van der Waals surface area contributed by atoms with Gasteiger partial charge in [-0.15, -0.1) is 0 Å². The summed E-state index contributed by atoms with van der Waals surface area (Å²) in [7, 11) is 0. The van der Waals surface area contributed by atoms with Crippen molar-refractivity contribution in [1.82, 2.24) is 0 Å². The number of rotatable bonds is 5. The zero-order chi connectivity index (χ0) is 17.4. The van der Waals surface area contributed by atoms with E-state index in [0.717, 1.165) is 0 Å². The maximum Gasteiger partial charge on any atom is 0 e. The third-order valence-corrected chi connectivity index (χ3v) is 3.59. The van der Waals surface area contributed by atoms with Crippen molar-refractivity contribution in [3.63, 3.8) is 0 Å². The zero-order valence-corrected chi connectivity index (χ0v) is 15.3. The molecule has 22 heavy (non-hydrogen) atoms. The molecule has 1 rings (SSSR count). The molecule has 0 atom stereocenters. The average molecular weight is 344 g/mol. The smallest absolute Gasteiger partial charge is 0 e. The van der Waals surface area contributed by atoms with Crippen LogP contribution in [0.25, 0.3) is 0 Å². The Morgan fingerprint density at radius 3 is 1.05 bits per heavy atom. The topological polar surface area (TPSA) is 59.7 Å². The molecule has 0 aliphatic carbocycles. The van der Waals surface area contributed by atoms with Gasteiger partial charge in [-0.2, -0.15) is 27.8 Å². The first-order chi connectivity index (χ1) is 10.2. The van der Waals surface area contributed by atoms with E-state index in [4.69, 9.17) is 14.0 Å². The Morgan fingerprint density at radius 1 is 0.636 bits per heavy atom. The van der Waals surface area contributed by atoms with Crippen LogP contribution in [0.4, 0.5) is 0 Å². The van der Waals surface area contributed by atoms with Crippen molar-refractivity contribution in [3.05, 3.63) is 47.8 Å². The van der Waals surface area contributed by atoms with Crippen LogP contribution >= 0.6 is 0 Å². The molecule has 123 valence electrons. The van der Waals surface area contributed by atoms with Crippen LogP contribution in [-0.2, 0) is 63.1 Å². The van der Waals surface area contributed by atoms with Gasteiger partial charge in [0.1, 0.15) is 0 Å². The molecule has 0 aliphatic rings. The molecule has 0 spiro atoms. The van der Waals surface area contributed by atoms with Gasteiger partial charge in [-0.1, -0.05) is 66.7 Å². The molecule has 0 aliphatic heterocycles. The molecule has 0 saturated carbocycles. The first-order valence-corrected chi connectivity index (χ1v) is 7.17. The summed E-state index contributed by atoms with van der Waals surface area (Å²) in [6.45, 7) is 25.0. The third kappa shape index (κ3) is 7.38. The van der Waals surface area contributed by atoms with Gasteiger partial charge >= 0.3 is 33.9 Å². The molecular weight excluding hydrogens is 319 g/mol. The van der Waals surface area contributed by atoms with E-state index < -0.39 is 0 Å². The molecule has 0 fully saturated rings.